The zero-order valence-corrected chi connectivity index (χ0v) is 13.2. The SMILES string of the molecule is CC1CCC(NC(=O)C(C)(C)S(C)(=O)=O)(C(=O)O)CC1. The topological polar surface area (TPSA) is 101 Å². The number of carboxylic acids is 1. The first kappa shape index (κ1) is 16.9. The first-order chi connectivity index (χ1) is 8.92. The van der Waals surface area contributed by atoms with Gasteiger partial charge in [0.25, 0.3) is 0 Å². The fraction of sp³-hybridized carbons (Fsp3) is 0.846. The smallest absolute Gasteiger partial charge is 0.329 e. The van der Waals surface area contributed by atoms with Crippen molar-refractivity contribution in [2.24, 2.45) is 5.92 Å². The van der Waals surface area contributed by atoms with Gasteiger partial charge in [-0.05, 0) is 45.4 Å². The summed E-state index contributed by atoms with van der Waals surface area (Å²) in [4.78, 5) is 23.7. The van der Waals surface area contributed by atoms with Crippen LogP contribution in [-0.2, 0) is 19.4 Å². The average molecular weight is 305 g/mol. The molecule has 0 bridgehead atoms. The highest BCUT2D eigenvalue weighted by atomic mass is 32.2. The molecular formula is C13H23NO5S. The van der Waals surface area contributed by atoms with Crippen LogP contribution < -0.4 is 5.32 Å². The Morgan fingerprint density at radius 1 is 1.25 bits per heavy atom. The van der Waals surface area contributed by atoms with Crippen molar-refractivity contribution in [2.75, 3.05) is 6.26 Å². The van der Waals surface area contributed by atoms with Crippen LogP contribution in [0.15, 0.2) is 0 Å². The fourth-order valence-corrected chi connectivity index (χ4v) is 2.57. The lowest BCUT2D eigenvalue weighted by Crippen LogP contribution is -2.61. The minimum absolute atomic E-state index is 0.328. The molecule has 116 valence electrons. The molecule has 0 spiro atoms. The maximum atomic E-state index is 12.2. The van der Waals surface area contributed by atoms with Crippen LogP contribution in [0.4, 0.5) is 0 Å². The van der Waals surface area contributed by atoms with Crippen molar-refractivity contribution < 1.29 is 23.1 Å². The molecule has 6 nitrogen and oxygen atoms in total. The summed E-state index contributed by atoms with van der Waals surface area (Å²) in [6, 6.07) is 0. The number of aliphatic carboxylic acids is 1. The van der Waals surface area contributed by atoms with Gasteiger partial charge < -0.3 is 10.4 Å². The van der Waals surface area contributed by atoms with E-state index in [2.05, 4.69) is 5.32 Å². The van der Waals surface area contributed by atoms with Crippen molar-refractivity contribution in [2.45, 2.75) is 56.7 Å². The molecule has 1 amide bonds. The van der Waals surface area contributed by atoms with E-state index in [9.17, 15) is 23.1 Å². The van der Waals surface area contributed by atoms with Gasteiger partial charge >= 0.3 is 5.97 Å². The van der Waals surface area contributed by atoms with Crippen LogP contribution in [0.5, 0.6) is 0 Å². The Morgan fingerprint density at radius 2 is 1.70 bits per heavy atom. The third-order valence-electron chi connectivity index (χ3n) is 4.36. The van der Waals surface area contributed by atoms with Crippen molar-refractivity contribution in [3.8, 4) is 0 Å². The third kappa shape index (κ3) is 3.13. The Kier molecular flexibility index (Phi) is 4.53. The molecule has 20 heavy (non-hydrogen) atoms. The van der Waals surface area contributed by atoms with Gasteiger partial charge in [0.15, 0.2) is 9.84 Å². The van der Waals surface area contributed by atoms with Gasteiger partial charge in [-0.3, -0.25) is 4.79 Å². The summed E-state index contributed by atoms with van der Waals surface area (Å²) in [6.07, 6.45) is 3.03. The van der Waals surface area contributed by atoms with Crippen molar-refractivity contribution in [3.05, 3.63) is 0 Å². The van der Waals surface area contributed by atoms with E-state index in [-0.39, 0.29) is 0 Å². The number of carboxylic acid groups (broad SMARTS) is 1. The zero-order valence-electron chi connectivity index (χ0n) is 12.4. The Balaban J connectivity index is 2.99. The minimum atomic E-state index is -3.62. The fourth-order valence-electron chi connectivity index (χ4n) is 2.18. The summed E-state index contributed by atoms with van der Waals surface area (Å²) in [7, 11) is -3.62. The van der Waals surface area contributed by atoms with Gasteiger partial charge in [0.2, 0.25) is 5.91 Å². The van der Waals surface area contributed by atoms with Crippen LogP contribution in [-0.4, -0.2) is 41.9 Å². The molecule has 0 aliphatic heterocycles. The lowest BCUT2D eigenvalue weighted by molar-refractivity contribution is -0.150. The summed E-state index contributed by atoms with van der Waals surface area (Å²) in [6.45, 7) is 4.62. The zero-order chi connectivity index (χ0) is 15.8. The molecule has 0 aromatic rings. The predicted molar refractivity (Wildman–Crippen MR) is 75.1 cm³/mol. The molecule has 0 aromatic heterocycles. The van der Waals surface area contributed by atoms with Gasteiger partial charge in [0.1, 0.15) is 10.3 Å². The number of rotatable bonds is 4. The molecule has 1 fully saturated rings. The van der Waals surface area contributed by atoms with E-state index in [0.29, 0.717) is 31.6 Å². The molecule has 1 rings (SSSR count). The number of carbonyl (C=O) groups excluding carboxylic acids is 1. The van der Waals surface area contributed by atoms with Gasteiger partial charge in [-0.15, -0.1) is 0 Å². The molecule has 1 saturated carbocycles. The van der Waals surface area contributed by atoms with E-state index < -0.39 is 32.0 Å². The van der Waals surface area contributed by atoms with Crippen molar-refractivity contribution >= 4 is 21.7 Å². The number of nitrogens with one attached hydrogen (secondary N) is 1. The molecule has 0 atom stereocenters. The lowest BCUT2D eigenvalue weighted by atomic mass is 9.77. The number of hydrogen-bond acceptors (Lipinski definition) is 4. The van der Waals surface area contributed by atoms with Crippen LogP contribution in [0.25, 0.3) is 0 Å². The molecular weight excluding hydrogens is 282 g/mol. The van der Waals surface area contributed by atoms with Crippen LogP contribution in [0, 0.1) is 5.92 Å². The molecule has 2 N–H and O–H groups in total. The predicted octanol–water partition coefficient (Wildman–Crippen LogP) is 0.959. The first-order valence-corrected chi connectivity index (χ1v) is 8.57. The highest BCUT2D eigenvalue weighted by molar-refractivity contribution is 7.92. The quantitative estimate of drug-likeness (QED) is 0.805. The molecule has 1 aliphatic rings. The van der Waals surface area contributed by atoms with Crippen LogP contribution in [0.1, 0.15) is 46.5 Å². The van der Waals surface area contributed by atoms with Crippen LogP contribution >= 0.6 is 0 Å². The summed E-state index contributed by atoms with van der Waals surface area (Å²) < 4.78 is 21.7. The van der Waals surface area contributed by atoms with Crippen molar-refractivity contribution in [3.63, 3.8) is 0 Å². The maximum absolute atomic E-state index is 12.2. The molecule has 0 unspecified atom stereocenters. The number of carbonyl (C=O) groups is 2. The molecule has 0 heterocycles. The van der Waals surface area contributed by atoms with Gasteiger partial charge in [0, 0.05) is 6.26 Å². The average Bonchev–Trinajstić information content (AvgIpc) is 2.30. The number of amides is 1. The summed E-state index contributed by atoms with van der Waals surface area (Å²) in [5, 5.41) is 11.9. The summed E-state index contributed by atoms with van der Waals surface area (Å²) in [5.74, 6) is -1.43. The van der Waals surface area contributed by atoms with Gasteiger partial charge in [-0.25, -0.2) is 13.2 Å². The van der Waals surface area contributed by atoms with Gasteiger partial charge in [-0.2, -0.15) is 0 Å². The highest BCUT2D eigenvalue weighted by Crippen LogP contribution is 2.33. The summed E-state index contributed by atoms with van der Waals surface area (Å²) in [5.41, 5.74) is -1.34. The molecule has 0 aromatic carbocycles. The molecule has 7 heteroatoms. The molecule has 0 saturated heterocycles. The van der Waals surface area contributed by atoms with Crippen molar-refractivity contribution in [1.82, 2.24) is 5.32 Å². The standard InChI is InChI=1S/C13H23NO5S/c1-9-5-7-13(8-6-9,11(16)17)14-10(15)12(2,3)20(4,18)19/h9H,5-8H2,1-4H3,(H,14,15)(H,16,17). The minimum Gasteiger partial charge on any atom is -0.480 e. The van der Waals surface area contributed by atoms with E-state index in [1.807, 2.05) is 6.92 Å². The second kappa shape index (κ2) is 5.35. The second-order valence-electron chi connectivity index (χ2n) is 6.31. The third-order valence-corrected chi connectivity index (χ3v) is 6.40. The van der Waals surface area contributed by atoms with E-state index in [1.165, 1.54) is 13.8 Å². The monoisotopic (exact) mass is 305 g/mol. The molecule has 0 radical (unpaired) electrons. The van der Waals surface area contributed by atoms with E-state index in [1.54, 1.807) is 0 Å². The van der Waals surface area contributed by atoms with Crippen molar-refractivity contribution in [1.29, 1.82) is 0 Å². The number of hydrogen-bond donors (Lipinski definition) is 2. The largest absolute Gasteiger partial charge is 0.480 e. The Morgan fingerprint density at radius 3 is 2.05 bits per heavy atom. The van der Waals surface area contributed by atoms with Crippen LogP contribution in [0.3, 0.4) is 0 Å². The van der Waals surface area contributed by atoms with Gasteiger partial charge in [0.05, 0.1) is 0 Å². The normalized spacial score (nSPS) is 27.9. The first-order valence-electron chi connectivity index (χ1n) is 6.68. The van der Waals surface area contributed by atoms with Gasteiger partial charge in [-0.1, -0.05) is 6.92 Å². The Hall–Kier alpha value is -1.11. The number of sulfone groups is 1. The van der Waals surface area contributed by atoms with Crippen LogP contribution in [0.2, 0.25) is 0 Å². The molecule has 1 aliphatic carbocycles. The van der Waals surface area contributed by atoms with E-state index >= 15 is 0 Å². The van der Waals surface area contributed by atoms with E-state index in [4.69, 9.17) is 0 Å². The van der Waals surface area contributed by atoms with E-state index in [0.717, 1.165) is 6.26 Å². The maximum Gasteiger partial charge on any atom is 0.329 e. The lowest BCUT2D eigenvalue weighted by Gasteiger charge is -2.38. The Bertz CT molecular complexity index is 501. The Labute approximate surface area is 119 Å². The summed E-state index contributed by atoms with van der Waals surface area (Å²) >= 11 is 0. The second-order valence-corrected chi connectivity index (χ2v) is 8.87. The highest BCUT2D eigenvalue weighted by Gasteiger charge is 2.47.